The fraction of sp³-hybridized carbons (Fsp3) is 0.375. The Bertz CT molecular complexity index is 559. The number of terminal acetylenes is 1. The van der Waals surface area contributed by atoms with E-state index in [4.69, 9.17) is 11.5 Å². The van der Waals surface area contributed by atoms with Gasteiger partial charge in [-0.15, -0.1) is 6.42 Å². The van der Waals surface area contributed by atoms with E-state index >= 15 is 0 Å². The number of hydrogen-bond donors (Lipinski definition) is 2. The van der Waals surface area contributed by atoms with Crippen LogP contribution >= 0.6 is 0 Å². The van der Waals surface area contributed by atoms with Crippen molar-refractivity contribution in [3.05, 3.63) is 29.8 Å². The average Bonchev–Trinajstić information content (AvgIpc) is 2.47. The predicted octanol–water partition coefficient (Wildman–Crippen LogP) is 2.50. The molecule has 1 aliphatic carbocycles. The summed E-state index contributed by atoms with van der Waals surface area (Å²) in [6.07, 6.45) is 7.90. The first kappa shape index (κ1) is 14.1. The molecule has 104 valence electrons. The number of aliphatic carboxylic acids is 1. The molecule has 0 bridgehead atoms. The van der Waals surface area contributed by atoms with Crippen LogP contribution in [-0.2, 0) is 9.59 Å². The number of carboxylic acid groups (broad SMARTS) is 1. The predicted molar refractivity (Wildman–Crippen MR) is 76.1 cm³/mol. The normalized spacial score (nSPS) is 21.8. The molecule has 1 aliphatic rings. The number of carbonyl (C=O) groups excluding carboxylic acids is 1. The van der Waals surface area contributed by atoms with Gasteiger partial charge in [-0.05, 0) is 37.5 Å². The number of amides is 1. The molecule has 4 heteroatoms. The Balaban J connectivity index is 2.01. The second kappa shape index (κ2) is 6.25. The van der Waals surface area contributed by atoms with Gasteiger partial charge in [-0.2, -0.15) is 0 Å². The number of carbonyl (C=O) groups is 2. The van der Waals surface area contributed by atoms with Crippen LogP contribution in [-0.4, -0.2) is 17.0 Å². The van der Waals surface area contributed by atoms with Crippen LogP contribution < -0.4 is 5.32 Å². The van der Waals surface area contributed by atoms with Crippen molar-refractivity contribution >= 4 is 17.6 Å². The SMILES string of the molecule is C#Cc1cccc(NC(=O)C2CCCC(C(=O)O)C2)c1. The molecule has 4 nitrogen and oxygen atoms in total. The van der Waals surface area contributed by atoms with Crippen molar-refractivity contribution in [1.29, 1.82) is 0 Å². The second-order valence-electron chi connectivity index (χ2n) is 5.11. The molecule has 1 aromatic rings. The van der Waals surface area contributed by atoms with E-state index in [2.05, 4.69) is 11.2 Å². The van der Waals surface area contributed by atoms with Crippen molar-refractivity contribution in [2.75, 3.05) is 5.32 Å². The van der Waals surface area contributed by atoms with Gasteiger partial charge in [-0.25, -0.2) is 0 Å². The van der Waals surface area contributed by atoms with E-state index in [1.807, 2.05) is 0 Å². The summed E-state index contributed by atoms with van der Waals surface area (Å²) in [5.74, 6) is 0.942. The first-order valence-corrected chi connectivity index (χ1v) is 6.70. The number of rotatable bonds is 3. The van der Waals surface area contributed by atoms with Crippen molar-refractivity contribution in [2.24, 2.45) is 11.8 Å². The number of carboxylic acids is 1. The summed E-state index contributed by atoms with van der Waals surface area (Å²) in [5.41, 5.74) is 1.36. The molecule has 2 N–H and O–H groups in total. The molecule has 2 atom stereocenters. The fourth-order valence-electron chi connectivity index (χ4n) is 2.58. The molecule has 0 radical (unpaired) electrons. The molecule has 0 aliphatic heterocycles. The van der Waals surface area contributed by atoms with Crippen LogP contribution in [0.3, 0.4) is 0 Å². The smallest absolute Gasteiger partial charge is 0.306 e. The number of nitrogens with one attached hydrogen (secondary N) is 1. The van der Waals surface area contributed by atoms with Crippen LogP contribution in [0.1, 0.15) is 31.2 Å². The summed E-state index contributed by atoms with van der Waals surface area (Å²) in [7, 11) is 0. The highest BCUT2D eigenvalue weighted by Crippen LogP contribution is 2.30. The minimum absolute atomic E-state index is 0.120. The van der Waals surface area contributed by atoms with Crippen LogP contribution in [0.15, 0.2) is 24.3 Å². The van der Waals surface area contributed by atoms with Gasteiger partial charge in [0.2, 0.25) is 5.91 Å². The summed E-state index contributed by atoms with van der Waals surface area (Å²) < 4.78 is 0. The quantitative estimate of drug-likeness (QED) is 0.830. The van der Waals surface area contributed by atoms with E-state index in [0.29, 0.717) is 24.1 Å². The van der Waals surface area contributed by atoms with E-state index in [1.165, 1.54) is 0 Å². The maximum atomic E-state index is 12.2. The zero-order valence-corrected chi connectivity index (χ0v) is 11.1. The van der Waals surface area contributed by atoms with E-state index in [1.54, 1.807) is 24.3 Å². The van der Waals surface area contributed by atoms with Crippen LogP contribution in [0.4, 0.5) is 5.69 Å². The first-order valence-electron chi connectivity index (χ1n) is 6.70. The van der Waals surface area contributed by atoms with Gasteiger partial charge < -0.3 is 10.4 Å². The lowest BCUT2D eigenvalue weighted by Gasteiger charge is -2.25. The zero-order chi connectivity index (χ0) is 14.5. The van der Waals surface area contributed by atoms with Crippen LogP contribution in [0.2, 0.25) is 0 Å². The maximum absolute atomic E-state index is 12.2. The van der Waals surface area contributed by atoms with Gasteiger partial charge in [0.15, 0.2) is 0 Å². The Morgan fingerprint density at radius 2 is 2.05 bits per heavy atom. The van der Waals surface area contributed by atoms with Crippen molar-refractivity contribution < 1.29 is 14.7 Å². The Morgan fingerprint density at radius 3 is 2.75 bits per heavy atom. The molecule has 1 amide bonds. The zero-order valence-electron chi connectivity index (χ0n) is 11.1. The number of hydrogen-bond acceptors (Lipinski definition) is 2. The van der Waals surface area contributed by atoms with Crippen LogP contribution in [0.5, 0.6) is 0 Å². The minimum Gasteiger partial charge on any atom is -0.481 e. The Morgan fingerprint density at radius 1 is 1.30 bits per heavy atom. The Labute approximate surface area is 118 Å². The van der Waals surface area contributed by atoms with E-state index < -0.39 is 11.9 Å². The van der Waals surface area contributed by atoms with E-state index in [0.717, 1.165) is 12.8 Å². The third-order valence-corrected chi connectivity index (χ3v) is 3.69. The molecule has 20 heavy (non-hydrogen) atoms. The van der Waals surface area contributed by atoms with Gasteiger partial charge in [0.1, 0.15) is 0 Å². The lowest BCUT2D eigenvalue weighted by molar-refractivity contribution is -0.143. The molecule has 2 unspecified atom stereocenters. The van der Waals surface area contributed by atoms with Gasteiger partial charge in [0, 0.05) is 17.2 Å². The highest BCUT2D eigenvalue weighted by atomic mass is 16.4. The summed E-state index contributed by atoms with van der Waals surface area (Å²) in [5, 5.41) is 11.9. The third kappa shape index (κ3) is 3.39. The topological polar surface area (TPSA) is 66.4 Å². The van der Waals surface area contributed by atoms with E-state index in [-0.39, 0.29) is 11.8 Å². The molecular formula is C16H17NO3. The Hall–Kier alpha value is -2.28. The fourth-order valence-corrected chi connectivity index (χ4v) is 2.58. The minimum atomic E-state index is -0.808. The lowest BCUT2D eigenvalue weighted by Crippen LogP contribution is -2.30. The average molecular weight is 271 g/mol. The van der Waals surface area contributed by atoms with E-state index in [9.17, 15) is 9.59 Å². The summed E-state index contributed by atoms with van der Waals surface area (Å²) in [4.78, 5) is 23.2. The maximum Gasteiger partial charge on any atom is 0.306 e. The first-order chi connectivity index (χ1) is 9.60. The van der Waals surface area contributed by atoms with Crippen LogP contribution in [0.25, 0.3) is 0 Å². The van der Waals surface area contributed by atoms with Gasteiger partial charge >= 0.3 is 5.97 Å². The van der Waals surface area contributed by atoms with Crippen molar-refractivity contribution in [3.8, 4) is 12.3 Å². The molecule has 0 spiro atoms. The molecule has 1 saturated carbocycles. The largest absolute Gasteiger partial charge is 0.481 e. The monoisotopic (exact) mass is 271 g/mol. The second-order valence-corrected chi connectivity index (χ2v) is 5.11. The van der Waals surface area contributed by atoms with Gasteiger partial charge in [0.05, 0.1) is 5.92 Å². The standard InChI is InChI=1S/C16H17NO3/c1-2-11-5-3-8-14(9-11)17-15(18)12-6-4-7-13(10-12)16(19)20/h1,3,5,8-9,12-13H,4,6-7,10H2,(H,17,18)(H,19,20). The highest BCUT2D eigenvalue weighted by molar-refractivity contribution is 5.93. The van der Waals surface area contributed by atoms with Gasteiger partial charge in [-0.3, -0.25) is 9.59 Å². The summed E-state index contributed by atoms with van der Waals surface area (Å²) in [6.45, 7) is 0. The van der Waals surface area contributed by atoms with Crippen LogP contribution in [0, 0.1) is 24.2 Å². The number of anilines is 1. The number of benzene rings is 1. The van der Waals surface area contributed by atoms with Crippen molar-refractivity contribution in [2.45, 2.75) is 25.7 Å². The highest BCUT2D eigenvalue weighted by Gasteiger charge is 2.30. The van der Waals surface area contributed by atoms with Gasteiger partial charge in [0.25, 0.3) is 0 Å². The molecule has 0 aromatic heterocycles. The van der Waals surface area contributed by atoms with Gasteiger partial charge in [-0.1, -0.05) is 18.4 Å². The Kier molecular flexibility index (Phi) is 4.41. The molecule has 0 saturated heterocycles. The molecule has 1 fully saturated rings. The van der Waals surface area contributed by atoms with Crippen molar-refractivity contribution in [1.82, 2.24) is 0 Å². The molecule has 2 rings (SSSR count). The van der Waals surface area contributed by atoms with Crippen molar-refractivity contribution in [3.63, 3.8) is 0 Å². The lowest BCUT2D eigenvalue weighted by atomic mass is 9.81. The summed E-state index contributed by atoms with van der Waals surface area (Å²) >= 11 is 0. The molecule has 1 aromatic carbocycles. The summed E-state index contributed by atoms with van der Waals surface area (Å²) in [6, 6.07) is 7.08. The molecule has 0 heterocycles. The third-order valence-electron chi connectivity index (χ3n) is 3.69. The molecular weight excluding hydrogens is 254 g/mol.